The largest absolute Gasteiger partial charge is 0.756 e. The maximum absolute atomic E-state index is 13.5. The first-order valence-electron chi connectivity index (χ1n) is 32.0. The zero-order valence-corrected chi connectivity index (χ0v) is 52.2. The van der Waals surface area contributed by atoms with E-state index in [-0.39, 0.29) is 31.3 Å². The predicted octanol–water partition coefficient (Wildman–Crippen LogP) is 19.3. The number of likely N-dealkylation sites (N-methyl/N-ethyl adjacent to an activating group) is 1. The molecule has 0 bridgehead atoms. The minimum Gasteiger partial charge on any atom is -0.756 e. The minimum atomic E-state index is -4.71. The van der Waals surface area contributed by atoms with Crippen LogP contribution >= 0.6 is 7.82 Å². The number of hydrogen-bond acceptors (Lipinski definition) is 7. The molecule has 10 heteroatoms. The Labute approximate surface area is 481 Å². The summed E-state index contributed by atoms with van der Waals surface area (Å²) >= 11 is 0. The first kappa shape index (κ1) is 74.9. The first-order valence-corrected chi connectivity index (χ1v) is 33.5. The van der Waals surface area contributed by atoms with Gasteiger partial charge in [0.25, 0.3) is 7.82 Å². The van der Waals surface area contributed by atoms with Gasteiger partial charge in [0.2, 0.25) is 5.91 Å². The number of carbonyl (C=O) groups excluding carboxylic acids is 2. The number of ether oxygens (including phenoxy) is 1. The number of nitrogens with zero attached hydrogens (tertiary/aromatic N) is 1. The van der Waals surface area contributed by atoms with E-state index in [1.54, 1.807) is 0 Å². The maximum atomic E-state index is 13.5. The van der Waals surface area contributed by atoms with Crippen LogP contribution in [0.3, 0.4) is 0 Å². The van der Waals surface area contributed by atoms with Gasteiger partial charge in [0.1, 0.15) is 19.3 Å². The summed E-state index contributed by atoms with van der Waals surface area (Å²) in [5.74, 6) is -0.582. The molecule has 0 spiro atoms. The molecule has 0 heterocycles. The van der Waals surface area contributed by atoms with E-state index in [1.165, 1.54) is 128 Å². The van der Waals surface area contributed by atoms with Gasteiger partial charge in [-0.3, -0.25) is 14.2 Å². The van der Waals surface area contributed by atoms with Gasteiger partial charge in [0.05, 0.1) is 33.8 Å². The van der Waals surface area contributed by atoms with Crippen molar-refractivity contribution in [3.8, 4) is 0 Å². The van der Waals surface area contributed by atoms with Crippen LogP contribution in [0.15, 0.2) is 97.2 Å². The normalized spacial score (nSPS) is 14.3. The van der Waals surface area contributed by atoms with E-state index in [4.69, 9.17) is 13.8 Å². The van der Waals surface area contributed by atoms with Crippen LogP contribution in [-0.4, -0.2) is 69.4 Å². The average Bonchev–Trinajstić information content (AvgIpc) is 3.40. The zero-order valence-electron chi connectivity index (χ0n) is 51.3. The highest BCUT2D eigenvalue weighted by molar-refractivity contribution is 7.45. The lowest BCUT2D eigenvalue weighted by Gasteiger charge is -2.30. The van der Waals surface area contributed by atoms with E-state index in [0.717, 1.165) is 103 Å². The molecule has 0 aromatic carbocycles. The summed E-state index contributed by atoms with van der Waals surface area (Å²) in [6.45, 7) is 6.68. The van der Waals surface area contributed by atoms with E-state index < -0.39 is 26.6 Å². The number of quaternary nitrogens is 1. The van der Waals surface area contributed by atoms with Gasteiger partial charge >= 0.3 is 5.97 Å². The van der Waals surface area contributed by atoms with Crippen LogP contribution in [-0.2, 0) is 27.9 Å². The molecule has 0 aliphatic rings. The van der Waals surface area contributed by atoms with Gasteiger partial charge in [-0.05, 0) is 109 Å². The van der Waals surface area contributed by atoms with Crippen molar-refractivity contribution >= 4 is 19.7 Å². The Bertz CT molecular complexity index is 1660. The van der Waals surface area contributed by atoms with Gasteiger partial charge in [0, 0.05) is 12.8 Å². The number of allylic oxidation sites excluding steroid dienone is 15. The molecule has 0 saturated carbocycles. The number of amides is 1. The fraction of sp³-hybridized carbons (Fsp3) is 0.735. The van der Waals surface area contributed by atoms with Crippen molar-refractivity contribution in [2.24, 2.45) is 0 Å². The molecule has 9 nitrogen and oxygen atoms in total. The second-order valence-corrected chi connectivity index (χ2v) is 23.9. The number of unbranched alkanes of at least 4 members (excludes halogenated alkanes) is 27. The summed E-state index contributed by atoms with van der Waals surface area (Å²) in [7, 11) is 1.15. The maximum Gasteiger partial charge on any atom is 0.306 e. The van der Waals surface area contributed by atoms with E-state index >= 15 is 0 Å². The fourth-order valence-corrected chi connectivity index (χ4v) is 9.54. The van der Waals surface area contributed by atoms with E-state index in [9.17, 15) is 19.0 Å². The number of phosphoric ester groups is 1. The second-order valence-electron chi connectivity index (χ2n) is 22.5. The minimum absolute atomic E-state index is 0.0334. The van der Waals surface area contributed by atoms with Crippen LogP contribution < -0.4 is 10.2 Å². The van der Waals surface area contributed by atoms with Crippen molar-refractivity contribution in [1.82, 2.24) is 5.32 Å². The molecule has 0 aromatic heterocycles. The van der Waals surface area contributed by atoms with Gasteiger partial charge in [-0.15, -0.1) is 0 Å². The van der Waals surface area contributed by atoms with Crippen molar-refractivity contribution < 1.29 is 37.3 Å². The molecule has 0 saturated heterocycles. The Morgan fingerprint density at radius 3 is 1.27 bits per heavy atom. The molecule has 0 aliphatic heterocycles. The Kier molecular flexibility index (Phi) is 54.9. The molecule has 0 aliphatic carbocycles. The van der Waals surface area contributed by atoms with Crippen LogP contribution in [0.1, 0.15) is 271 Å². The molecule has 78 heavy (non-hydrogen) atoms. The van der Waals surface area contributed by atoms with Gasteiger partial charge < -0.3 is 28.5 Å². The third-order valence-corrected chi connectivity index (χ3v) is 14.7. The second kappa shape index (κ2) is 57.2. The van der Waals surface area contributed by atoms with Crippen LogP contribution in [0, 0.1) is 0 Å². The molecule has 0 radical (unpaired) electrons. The molecular formula is C68H121N2O7P. The van der Waals surface area contributed by atoms with E-state index in [2.05, 4.69) is 111 Å². The summed E-state index contributed by atoms with van der Waals surface area (Å²) in [6, 6.07) is -0.912. The van der Waals surface area contributed by atoms with Crippen molar-refractivity contribution in [2.45, 2.75) is 283 Å². The summed E-state index contributed by atoms with van der Waals surface area (Å²) in [6.07, 6.45) is 76.6. The molecule has 0 fully saturated rings. The lowest BCUT2D eigenvalue weighted by atomic mass is 10.0. The quantitative estimate of drug-likeness (QED) is 0.0212. The topological polar surface area (TPSA) is 114 Å². The van der Waals surface area contributed by atoms with E-state index in [1.807, 2.05) is 33.3 Å². The Morgan fingerprint density at radius 2 is 0.821 bits per heavy atom. The van der Waals surface area contributed by atoms with Gasteiger partial charge in [-0.1, -0.05) is 247 Å². The number of carbonyl (C=O) groups is 2. The number of phosphoric acid groups is 1. The highest BCUT2D eigenvalue weighted by Crippen LogP contribution is 2.38. The average molecular weight is 1110 g/mol. The third-order valence-electron chi connectivity index (χ3n) is 13.7. The first-order chi connectivity index (χ1) is 37.9. The molecule has 1 amide bonds. The lowest BCUT2D eigenvalue weighted by molar-refractivity contribution is -0.870. The smallest absolute Gasteiger partial charge is 0.306 e. The standard InChI is InChI=1S/C68H121N2O7P/c1-7-10-13-16-19-22-25-28-30-32-34-35-37-39-41-43-46-49-52-55-58-61-68(72)77-66(59-56-53-50-47-44-27-24-21-18-15-12-9-3)65(64-76-78(73,74)75-63-62-70(4,5)6)69-67(71)60-57-54-51-48-45-42-40-38-36-33-31-29-26-23-20-17-14-11-8-2/h11,14,19-20,22-23,28-31,36,38,42,45,56,59,65-66H,7-10,12-13,15-18,21,24-27,32-35,37,39-41,43-44,46-55,57-58,60-64H2,1-6H3,(H-,69,71,73,74)/b14-11-,22-19-,23-20-,30-28-,31-29-,38-36-,45-42-,59-56+. The highest BCUT2D eigenvalue weighted by Gasteiger charge is 2.27. The van der Waals surface area contributed by atoms with Crippen molar-refractivity contribution in [3.63, 3.8) is 0 Å². The fourth-order valence-electron chi connectivity index (χ4n) is 8.81. The molecule has 0 aromatic rings. The number of hydrogen-bond donors (Lipinski definition) is 1. The Balaban J connectivity index is 5.27. The van der Waals surface area contributed by atoms with Crippen LogP contribution in [0.25, 0.3) is 0 Å². The molecule has 1 N–H and O–H groups in total. The van der Waals surface area contributed by atoms with Crippen molar-refractivity contribution in [1.29, 1.82) is 0 Å². The predicted molar refractivity (Wildman–Crippen MR) is 334 cm³/mol. The number of nitrogens with one attached hydrogen (secondary N) is 1. The van der Waals surface area contributed by atoms with Gasteiger partial charge in [-0.25, -0.2) is 0 Å². The zero-order chi connectivity index (χ0) is 57.2. The molecule has 450 valence electrons. The number of rotatable bonds is 57. The lowest BCUT2D eigenvalue weighted by Crippen LogP contribution is -2.47. The number of esters is 1. The summed E-state index contributed by atoms with van der Waals surface area (Å²) in [5.41, 5.74) is 0. The Hall–Kier alpha value is -3.07. The highest BCUT2D eigenvalue weighted by atomic mass is 31.2. The van der Waals surface area contributed by atoms with Gasteiger partial charge in [0.15, 0.2) is 0 Å². The summed E-state index contributed by atoms with van der Waals surface area (Å²) < 4.78 is 30.3. The van der Waals surface area contributed by atoms with Crippen molar-refractivity contribution in [3.05, 3.63) is 97.2 Å². The third kappa shape index (κ3) is 57.6. The van der Waals surface area contributed by atoms with Crippen molar-refractivity contribution in [2.75, 3.05) is 40.9 Å². The Morgan fingerprint density at radius 1 is 0.462 bits per heavy atom. The SMILES string of the molecule is CC/C=C\C/C=C\C/C=C\C/C=C\C/C=C\CCCCCC(=O)NC(COP(=O)([O-])OCC[N+](C)(C)C)C(/C=C/CCCCCCCCCCCC)OC(=O)CCCCCCCCCCCCC/C=C\C/C=C\CCCCC. The summed E-state index contributed by atoms with van der Waals surface area (Å²) in [4.78, 5) is 40.0. The molecular weight excluding hydrogens is 988 g/mol. The summed E-state index contributed by atoms with van der Waals surface area (Å²) in [5, 5.41) is 3.01. The van der Waals surface area contributed by atoms with Crippen LogP contribution in [0.2, 0.25) is 0 Å². The van der Waals surface area contributed by atoms with E-state index in [0.29, 0.717) is 17.4 Å². The molecule has 3 unspecified atom stereocenters. The van der Waals surface area contributed by atoms with Crippen LogP contribution in [0.4, 0.5) is 0 Å². The monoisotopic (exact) mass is 1110 g/mol. The van der Waals surface area contributed by atoms with Crippen LogP contribution in [0.5, 0.6) is 0 Å². The molecule has 3 atom stereocenters. The molecule has 0 rings (SSSR count). The van der Waals surface area contributed by atoms with Gasteiger partial charge in [-0.2, -0.15) is 0 Å².